The van der Waals surface area contributed by atoms with Gasteiger partial charge in [-0.15, -0.1) is 0 Å². The van der Waals surface area contributed by atoms with Crippen LogP contribution in [0.25, 0.3) is 33.2 Å². The minimum Gasteiger partial charge on any atom is -0.497 e. The second-order valence-corrected chi connectivity index (χ2v) is 12.7. The van der Waals surface area contributed by atoms with Gasteiger partial charge in [-0.05, 0) is 59.7 Å². The first-order valence-electron chi connectivity index (χ1n) is 13.8. The summed E-state index contributed by atoms with van der Waals surface area (Å²) in [5.74, 6) is 1.29. The van der Waals surface area contributed by atoms with Crippen LogP contribution in [0, 0.1) is 0 Å². The number of ether oxygens (including phenoxy) is 2. The summed E-state index contributed by atoms with van der Waals surface area (Å²) in [5, 5.41) is 7.70. The summed E-state index contributed by atoms with van der Waals surface area (Å²) in [5.41, 5.74) is 5.81. The minimum absolute atomic E-state index is 0.143. The first-order valence-corrected chi connectivity index (χ1v) is 16.5. The van der Waals surface area contributed by atoms with Gasteiger partial charge in [0, 0.05) is 12.1 Å². The molecule has 0 saturated carbocycles. The lowest BCUT2D eigenvalue weighted by atomic mass is 10.0. The number of hydrogen-bond acceptors (Lipinski definition) is 8. The van der Waals surface area contributed by atoms with E-state index in [0.29, 0.717) is 31.7 Å². The van der Waals surface area contributed by atoms with E-state index in [1.165, 1.54) is 23.5 Å². The van der Waals surface area contributed by atoms with Crippen LogP contribution in [0.4, 0.5) is 11.4 Å². The number of carbonyl (C=O) groups excluding carboxylic acids is 2. The van der Waals surface area contributed by atoms with E-state index >= 15 is 0 Å². The lowest BCUT2D eigenvalue weighted by Gasteiger charge is -2.11. The average molecular weight is 694 g/mol. The van der Waals surface area contributed by atoms with Crippen molar-refractivity contribution in [3.63, 3.8) is 0 Å². The fourth-order valence-electron chi connectivity index (χ4n) is 4.55. The summed E-state index contributed by atoms with van der Waals surface area (Å²) < 4.78 is 10.5. The molecule has 0 fully saturated rings. The number of H-pyrrole nitrogens is 2. The SMILES string of the molecule is COc1ccc2nc(SCC(=O)Nc3ccc(-c4ccc(NC(=O)CSc5nc6ccc(OC)cc6[nH]5)c(Cl)c4)cc3Cl)[nH]c2c1. The van der Waals surface area contributed by atoms with Crippen molar-refractivity contribution >= 4 is 92.0 Å². The van der Waals surface area contributed by atoms with Crippen molar-refractivity contribution in [3.8, 4) is 22.6 Å². The summed E-state index contributed by atoms with van der Waals surface area (Å²) in [4.78, 5) is 40.7. The third-order valence-electron chi connectivity index (χ3n) is 6.83. The van der Waals surface area contributed by atoms with Crippen LogP contribution < -0.4 is 20.1 Å². The number of anilines is 2. The number of fused-ring (bicyclic) bond motifs is 2. The molecule has 0 bridgehead atoms. The summed E-state index contributed by atoms with van der Waals surface area (Å²) in [6.45, 7) is 0. The zero-order valence-electron chi connectivity index (χ0n) is 24.4. The Bertz CT molecular complexity index is 1940. The summed E-state index contributed by atoms with van der Waals surface area (Å²) >= 11 is 15.6. The monoisotopic (exact) mass is 692 g/mol. The van der Waals surface area contributed by atoms with Gasteiger partial charge in [-0.1, -0.05) is 58.9 Å². The molecular formula is C32H26Cl2N6O4S2. The van der Waals surface area contributed by atoms with E-state index in [9.17, 15) is 9.59 Å². The zero-order chi connectivity index (χ0) is 32.2. The second kappa shape index (κ2) is 14.0. The molecule has 46 heavy (non-hydrogen) atoms. The number of halogens is 2. The molecule has 0 atom stereocenters. The molecule has 0 aliphatic rings. The number of aromatic nitrogens is 4. The van der Waals surface area contributed by atoms with Crippen molar-refractivity contribution in [3.05, 3.63) is 82.8 Å². The summed E-state index contributed by atoms with van der Waals surface area (Å²) in [6.07, 6.45) is 0. The van der Waals surface area contributed by atoms with E-state index in [0.717, 1.165) is 44.7 Å². The number of amides is 2. The van der Waals surface area contributed by atoms with Gasteiger partial charge < -0.3 is 30.1 Å². The van der Waals surface area contributed by atoms with Crippen molar-refractivity contribution in [2.75, 3.05) is 36.4 Å². The van der Waals surface area contributed by atoms with Crippen LogP contribution >= 0.6 is 46.7 Å². The fraction of sp³-hybridized carbons (Fsp3) is 0.125. The molecule has 10 nitrogen and oxygen atoms in total. The maximum atomic E-state index is 12.7. The van der Waals surface area contributed by atoms with Gasteiger partial charge in [0.25, 0.3) is 0 Å². The van der Waals surface area contributed by atoms with Crippen molar-refractivity contribution in [2.45, 2.75) is 10.3 Å². The Morgan fingerprint density at radius 2 is 1.11 bits per heavy atom. The number of nitrogens with one attached hydrogen (secondary N) is 4. The highest BCUT2D eigenvalue weighted by Gasteiger charge is 2.13. The van der Waals surface area contributed by atoms with Gasteiger partial charge in [0.15, 0.2) is 10.3 Å². The lowest BCUT2D eigenvalue weighted by Crippen LogP contribution is -2.14. The van der Waals surface area contributed by atoms with E-state index in [1.54, 1.807) is 38.5 Å². The summed E-state index contributed by atoms with van der Waals surface area (Å²) in [6, 6.07) is 21.7. The lowest BCUT2D eigenvalue weighted by molar-refractivity contribution is -0.114. The van der Waals surface area contributed by atoms with Crippen LogP contribution in [-0.4, -0.2) is 57.5 Å². The van der Waals surface area contributed by atoms with Gasteiger partial charge in [0.05, 0.1) is 69.2 Å². The Hall–Kier alpha value is -4.36. The van der Waals surface area contributed by atoms with E-state index in [2.05, 4.69) is 30.6 Å². The number of carbonyl (C=O) groups is 2. The predicted octanol–water partition coefficient (Wildman–Crippen LogP) is 7.89. The highest BCUT2D eigenvalue weighted by Crippen LogP contribution is 2.33. The molecule has 2 heterocycles. The molecule has 0 radical (unpaired) electrons. The first-order chi connectivity index (χ1) is 22.3. The van der Waals surface area contributed by atoms with Gasteiger partial charge in [-0.25, -0.2) is 9.97 Å². The minimum atomic E-state index is -0.223. The van der Waals surface area contributed by atoms with Crippen LogP contribution in [0.1, 0.15) is 0 Å². The van der Waals surface area contributed by atoms with E-state index in [4.69, 9.17) is 32.7 Å². The number of benzene rings is 4. The second-order valence-electron chi connectivity index (χ2n) is 9.91. The number of thioether (sulfide) groups is 2. The first kappa shape index (κ1) is 31.6. The Balaban J connectivity index is 1.03. The Kier molecular flexibility index (Phi) is 9.59. The van der Waals surface area contributed by atoms with Gasteiger partial charge in [0.1, 0.15) is 11.5 Å². The maximum absolute atomic E-state index is 12.7. The Morgan fingerprint density at radius 1 is 0.674 bits per heavy atom. The maximum Gasteiger partial charge on any atom is 0.234 e. The fourth-order valence-corrected chi connectivity index (χ4v) is 6.38. The number of aromatic amines is 2. The molecule has 2 aromatic heterocycles. The molecule has 0 spiro atoms. The predicted molar refractivity (Wildman–Crippen MR) is 186 cm³/mol. The van der Waals surface area contributed by atoms with Crippen LogP contribution in [0.15, 0.2) is 83.1 Å². The normalized spacial score (nSPS) is 11.1. The number of nitrogens with zero attached hydrogens (tertiary/aromatic N) is 2. The molecule has 2 amide bonds. The average Bonchev–Trinajstić information content (AvgIpc) is 3.67. The molecule has 14 heteroatoms. The number of methoxy groups -OCH3 is 2. The Labute approximate surface area is 282 Å². The van der Waals surface area contributed by atoms with Crippen molar-refractivity contribution in [2.24, 2.45) is 0 Å². The largest absolute Gasteiger partial charge is 0.497 e. The number of hydrogen-bond donors (Lipinski definition) is 4. The smallest absolute Gasteiger partial charge is 0.234 e. The Morgan fingerprint density at radius 3 is 1.50 bits per heavy atom. The van der Waals surface area contributed by atoms with Crippen molar-refractivity contribution < 1.29 is 19.1 Å². The molecular weight excluding hydrogens is 667 g/mol. The van der Waals surface area contributed by atoms with Crippen LogP contribution in [0.2, 0.25) is 10.0 Å². The van der Waals surface area contributed by atoms with E-state index in [-0.39, 0.29) is 23.3 Å². The van der Waals surface area contributed by atoms with Crippen LogP contribution in [0.3, 0.4) is 0 Å². The highest BCUT2D eigenvalue weighted by atomic mass is 35.5. The van der Waals surface area contributed by atoms with E-state index in [1.807, 2.05) is 48.5 Å². The topological polar surface area (TPSA) is 134 Å². The zero-order valence-corrected chi connectivity index (χ0v) is 27.6. The highest BCUT2D eigenvalue weighted by molar-refractivity contribution is 8.00. The standard InChI is InChI=1S/C32H26Cl2N6O4S2/c1-43-19-5-9-25-27(13-19)39-31(37-25)45-15-29(41)35-23-7-3-17(11-21(23)33)18-4-8-24(22(34)12-18)36-30(42)16-46-32-38-26-10-6-20(44-2)14-28(26)40-32/h3-14H,15-16H2,1-2H3,(H,35,41)(H,36,42)(H,37,39)(H,38,40). The van der Waals surface area contributed by atoms with Gasteiger partial charge >= 0.3 is 0 Å². The molecule has 0 aliphatic carbocycles. The molecule has 0 unspecified atom stereocenters. The van der Waals surface area contributed by atoms with Gasteiger partial charge in [0.2, 0.25) is 11.8 Å². The quantitative estimate of drug-likeness (QED) is 0.101. The van der Waals surface area contributed by atoms with Gasteiger partial charge in [-0.2, -0.15) is 0 Å². The molecule has 0 aliphatic heterocycles. The molecule has 6 aromatic rings. The molecule has 4 aromatic carbocycles. The third kappa shape index (κ3) is 7.37. The number of rotatable bonds is 11. The van der Waals surface area contributed by atoms with E-state index < -0.39 is 0 Å². The van der Waals surface area contributed by atoms with Crippen LogP contribution in [-0.2, 0) is 9.59 Å². The number of imidazole rings is 2. The molecule has 0 saturated heterocycles. The molecule has 4 N–H and O–H groups in total. The van der Waals surface area contributed by atoms with Crippen molar-refractivity contribution in [1.29, 1.82) is 0 Å². The third-order valence-corrected chi connectivity index (χ3v) is 9.21. The van der Waals surface area contributed by atoms with Crippen LogP contribution in [0.5, 0.6) is 11.5 Å². The molecule has 6 rings (SSSR count). The van der Waals surface area contributed by atoms with Gasteiger partial charge in [-0.3, -0.25) is 9.59 Å². The van der Waals surface area contributed by atoms with Crippen molar-refractivity contribution in [1.82, 2.24) is 19.9 Å². The summed E-state index contributed by atoms with van der Waals surface area (Å²) in [7, 11) is 3.21. The molecule has 234 valence electrons.